The van der Waals surface area contributed by atoms with Crippen LogP contribution in [0.2, 0.25) is 0 Å². The zero-order chi connectivity index (χ0) is 14.5. The molecule has 6 heteroatoms. The van der Waals surface area contributed by atoms with Crippen LogP contribution in [0.4, 0.5) is 4.79 Å². The second-order valence-corrected chi connectivity index (χ2v) is 4.97. The van der Waals surface area contributed by atoms with Crippen LogP contribution in [-0.2, 0) is 0 Å². The van der Waals surface area contributed by atoms with Gasteiger partial charge >= 0.3 is 6.09 Å². The molecule has 6 nitrogen and oxygen atoms in total. The number of phenols is 1. The van der Waals surface area contributed by atoms with Crippen molar-refractivity contribution in [2.45, 2.75) is 12.8 Å². The molecule has 1 aromatic rings. The molecule has 20 heavy (non-hydrogen) atoms. The minimum Gasteiger partial charge on any atom is -0.508 e. The lowest BCUT2D eigenvalue weighted by molar-refractivity contribution is 0.0928. The normalized spacial score (nSPS) is 15.9. The van der Waals surface area contributed by atoms with Gasteiger partial charge in [0, 0.05) is 25.2 Å². The number of piperidine rings is 1. The Kier molecular flexibility index (Phi) is 4.45. The molecule has 1 aliphatic rings. The summed E-state index contributed by atoms with van der Waals surface area (Å²) in [7, 11) is 0. The number of benzene rings is 1. The van der Waals surface area contributed by atoms with Crippen molar-refractivity contribution in [1.82, 2.24) is 10.2 Å². The van der Waals surface area contributed by atoms with Gasteiger partial charge in [0.25, 0.3) is 5.91 Å². The van der Waals surface area contributed by atoms with Crippen molar-refractivity contribution in [3.8, 4) is 5.75 Å². The quantitative estimate of drug-likeness (QED) is 0.781. The summed E-state index contributed by atoms with van der Waals surface area (Å²) in [6, 6.07) is 6.19. The molecule has 3 N–H and O–H groups in total. The summed E-state index contributed by atoms with van der Waals surface area (Å²) in [5.74, 6) is 0.140. The molecule has 1 aromatic carbocycles. The Morgan fingerprint density at radius 1 is 1.30 bits per heavy atom. The van der Waals surface area contributed by atoms with Gasteiger partial charge in [-0.25, -0.2) is 4.79 Å². The minimum absolute atomic E-state index is 0.0624. The highest BCUT2D eigenvalue weighted by atomic mass is 16.4. The molecule has 108 valence electrons. The molecule has 0 aromatic heterocycles. The van der Waals surface area contributed by atoms with Gasteiger partial charge in [-0.05, 0) is 37.0 Å². The molecule has 1 heterocycles. The van der Waals surface area contributed by atoms with E-state index in [9.17, 15) is 14.7 Å². The lowest BCUT2D eigenvalue weighted by Gasteiger charge is -2.29. The summed E-state index contributed by atoms with van der Waals surface area (Å²) in [5, 5.41) is 21.0. The third-order valence-electron chi connectivity index (χ3n) is 3.54. The molecule has 0 saturated carbocycles. The molecule has 0 bridgehead atoms. The molecule has 2 amide bonds. The van der Waals surface area contributed by atoms with Crippen LogP contribution in [-0.4, -0.2) is 46.7 Å². The molecule has 1 aliphatic heterocycles. The van der Waals surface area contributed by atoms with Crippen molar-refractivity contribution < 1.29 is 19.8 Å². The van der Waals surface area contributed by atoms with Gasteiger partial charge in [-0.2, -0.15) is 0 Å². The van der Waals surface area contributed by atoms with E-state index in [1.165, 1.54) is 17.0 Å². The topological polar surface area (TPSA) is 89.9 Å². The standard InChI is InChI=1S/C14H18N2O4/c17-12-3-1-2-11(8-12)13(18)15-9-10-4-6-16(7-5-10)14(19)20/h1-3,8,10,17H,4-7,9H2,(H,15,18)(H,19,20). The third-order valence-corrected chi connectivity index (χ3v) is 3.54. The van der Waals surface area contributed by atoms with Crippen LogP contribution in [0.1, 0.15) is 23.2 Å². The summed E-state index contributed by atoms with van der Waals surface area (Å²) in [4.78, 5) is 24.1. The van der Waals surface area contributed by atoms with Crippen molar-refractivity contribution in [3.05, 3.63) is 29.8 Å². The number of carbonyl (C=O) groups excluding carboxylic acids is 1. The van der Waals surface area contributed by atoms with Crippen molar-refractivity contribution in [1.29, 1.82) is 0 Å². The average molecular weight is 278 g/mol. The number of likely N-dealkylation sites (tertiary alicyclic amines) is 1. The van der Waals surface area contributed by atoms with E-state index in [0.29, 0.717) is 31.1 Å². The van der Waals surface area contributed by atoms with Crippen LogP contribution < -0.4 is 5.32 Å². The van der Waals surface area contributed by atoms with E-state index < -0.39 is 6.09 Å². The van der Waals surface area contributed by atoms with E-state index in [4.69, 9.17) is 5.11 Å². The largest absolute Gasteiger partial charge is 0.508 e. The maximum atomic E-state index is 11.9. The first-order valence-corrected chi connectivity index (χ1v) is 6.61. The Hall–Kier alpha value is -2.24. The number of nitrogens with zero attached hydrogens (tertiary/aromatic N) is 1. The number of carbonyl (C=O) groups is 2. The third kappa shape index (κ3) is 3.63. The monoisotopic (exact) mass is 278 g/mol. The van der Waals surface area contributed by atoms with E-state index in [2.05, 4.69) is 5.32 Å². The van der Waals surface area contributed by atoms with E-state index in [1.807, 2.05) is 0 Å². The Balaban J connectivity index is 1.79. The summed E-state index contributed by atoms with van der Waals surface area (Å²) in [5.41, 5.74) is 0.424. The highest BCUT2D eigenvalue weighted by molar-refractivity contribution is 5.94. The minimum atomic E-state index is -0.882. The number of carboxylic acid groups (broad SMARTS) is 1. The maximum Gasteiger partial charge on any atom is 0.407 e. The fourth-order valence-corrected chi connectivity index (χ4v) is 2.31. The van der Waals surface area contributed by atoms with Crippen molar-refractivity contribution in [2.75, 3.05) is 19.6 Å². The predicted molar refractivity (Wildman–Crippen MR) is 72.8 cm³/mol. The number of amides is 2. The molecule has 0 spiro atoms. The van der Waals surface area contributed by atoms with Gasteiger partial charge in [0.1, 0.15) is 5.75 Å². The Labute approximate surface area is 117 Å². The van der Waals surface area contributed by atoms with Gasteiger partial charge < -0.3 is 20.4 Å². The Bertz CT molecular complexity index is 496. The van der Waals surface area contributed by atoms with Gasteiger partial charge in [-0.15, -0.1) is 0 Å². The Morgan fingerprint density at radius 2 is 2.00 bits per heavy atom. The molecule has 1 fully saturated rings. The molecular formula is C14H18N2O4. The molecule has 0 unspecified atom stereocenters. The van der Waals surface area contributed by atoms with E-state index in [1.54, 1.807) is 12.1 Å². The maximum absolute atomic E-state index is 11.9. The smallest absolute Gasteiger partial charge is 0.407 e. The second-order valence-electron chi connectivity index (χ2n) is 4.97. The average Bonchev–Trinajstić information content (AvgIpc) is 2.45. The van der Waals surface area contributed by atoms with Gasteiger partial charge in [0.05, 0.1) is 0 Å². The van der Waals surface area contributed by atoms with Crippen LogP contribution in [0.3, 0.4) is 0 Å². The zero-order valence-corrected chi connectivity index (χ0v) is 11.1. The van der Waals surface area contributed by atoms with Gasteiger partial charge in [-0.3, -0.25) is 4.79 Å². The summed E-state index contributed by atoms with van der Waals surface area (Å²) in [6.45, 7) is 1.56. The highest BCUT2D eigenvalue weighted by Gasteiger charge is 2.22. The molecule has 0 radical (unpaired) electrons. The molecular weight excluding hydrogens is 260 g/mol. The van der Waals surface area contributed by atoms with Crippen molar-refractivity contribution >= 4 is 12.0 Å². The number of hydrogen-bond donors (Lipinski definition) is 3. The zero-order valence-electron chi connectivity index (χ0n) is 11.1. The number of hydrogen-bond acceptors (Lipinski definition) is 3. The first-order chi connectivity index (χ1) is 9.56. The predicted octanol–water partition coefficient (Wildman–Crippen LogP) is 1.51. The number of nitrogens with one attached hydrogen (secondary N) is 1. The van der Waals surface area contributed by atoms with Crippen molar-refractivity contribution in [3.63, 3.8) is 0 Å². The number of rotatable bonds is 3. The second kappa shape index (κ2) is 6.27. The van der Waals surface area contributed by atoms with Crippen LogP contribution in [0.25, 0.3) is 0 Å². The first kappa shape index (κ1) is 14.2. The molecule has 1 saturated heterocycles. The summed E-state index contributed by atoms with van der Waals surface area (Å²) >= 11 is 0. The van der Waals surface area contributed by atoms with E-state index >= 15 is 0 Å². The van der Waals surface area contributed by atoms with Crippen LogP contribution in [0.5, 0.6) is 5.75 Å². The van der Waals surface area contributed by atoms with Crippen LogP contribution in [0.15, 0.2) is 24.3 Å². The van der Waals surface area contributed by atoms with E-state index in [0.717, 1.165) is 12.8 Å². The summed E-state index contributed by atoms with van der Waals surface area (Å²) < 4.78 is 0. The van der Waals surface area contributed by atoms with Gasteiger partial charge in [0.15, 0.2) is 0 Å². The molecule has 0 atom stereocenters. The fourth-order valence-electron chi connectivity index (χ4n) is 2.31. The molecule has 2 rings (SSSR count). The van der Waals surface area contributed by atoms with Gasteiger partial charge in [-0.1, -0.05) is 6.07 Å². The fraction of sp³-hybridized carbons (Fsp3) is 0.429. The van der Waals surface area contributed by atoms with E-state index in [-0.39, 0.29) is 11.7 Å². The highest BCUT2D eigenvalue weighted by Crippen LogP contribution is 2.17. The van der Waals surface area contributed by atoms with Crippen LogP contribution in [0, 0.1) is 5.92 Å². The lowest BCUT2D eigenvalue weighted by atomic mass is 9.97. The number of aromatic hydroxyl groups is 1. The summed E-state index contributed by atoms with van der Waals surface area (Å²) in [6.07, 6.45) is 0.631. The van der Waals surface area contributed by atoms with Gasteiger partial charge in [0.2, 0.25) is 0 Å². The molecule has 0 aliphatic carbocycles. The number of phenolic OH excluding ortho intramolecular Hbond substituents is 1. The van der Waals surface area contributed by atoms with Crippen molar-refractivity contribution in [2.24, 2.45) is 5.92 Å². The first-order valence-electron chi connectivity index (χ1n) is 6.61. The SMILES string of the molecule is O=C(NCC1CCN(C(=O)O)CC1)c1cccc(O)c1. The Morgan fingerprint density at radius 3 is 2.60 bits per heavy atom. The van der Waals surface area contributed by atoms with Crippen LogP contribution >= 0.6 is 0 Å². The lowest BCUT2D eigenvalue weighted by Crippen LogP contribution is -2.40.